The Morgan fingerprint density at radius 2 is 2.03 bits per heavy atom. The fraction of sp³-hybridized carbons (Fsp3) is 0.500. The van der Waals surface area contributed by atoms with E-state index in [1.165, 1.54) is 13.8 Å². The number of hydrogen-bond donors (Lipinski definition) is 2. The van der Waals surface area contributed by atoms with Crippen molar-refractivity contribution in [2.45, 2.75) is 51.1 Å². The molecule has 1 fully saturated rings. The van der Waals surface area contributed by atoms with E-state index in [1.807, 2.05) is 4.90 Å². The molecule has 1 atom stereocenters. The van der Waals surface area contributed by atoms with Gasteiger partial charge in [0.25, 0.3) is 0 Å². The van der Waals surface area contributed by atoms with Crippen molar-refractivity contribution in [2.75, 3.05) is 28.6 Å². The number of amides is 1. The van der Waals surface area contributed by atoms with Gasteiger partial charge in [-0.05, 0) is 19.8 Å². The number of halogens is 3. The van der Waals surface area contributed by atoms with E-state index in [0.29, 0.717) is 18.2 Å². The van der Waals surface area contributed by atoms with Gasteiger partial charge in [0.1, 0.15) is 23.6 Å². The lowest BCUT2D eigenvalue weighted by Gasteiger charge is -2.22. The lowest BCUT2D eigenvalue weighted by atomic mass is 10.0. The summed E-state index contributed by atoms with van der Waals surface area (Å²) < 4.78 is 41.4. The minimum Gasteiger partial charge on any atom is -0.367 e. The van der Waals surface area contributed by atoms with Gasteiger partial charge in [-0.1, -0.05) is 0 Å². The Morgan fingerprint density at radius 3 is 2.63 bits per heavy atom. The second-order valence-corrected chi connectivity index (χ2v) is 8.12. The van der Waals surface area contributed by atoms with Crippen molar-refractivity contribution in [3.05, 3.63) is 29.7 Å². The normalized spacial score (nSPS) is 17.6. The predicted molar refractivity (Wildman–Crippen MR) is 107 cm³/mol. The minimum atomic E-state index is -3.26. The van der Waals surface area contributed by atoms with E-state index in [0.717, 1.165) is 31.0 Å². The fourth-order valence-corrected chi connectivity index (χ4v) is 3.69. The summed E-state index contributed by atoms with van der Waals surface area (Å²) in [6, 6.07) is 3.27. The minimum absolute atomic E-state index is 0.0533. The zero-order valence-electron chi connectivity index (χ0n) is 17.0. The Balaban J connectivity index is 1.77. The van der Waals surface area contributed by atoms with Crippen LogP contribution >= 0.6 is 0 Å². The van der Waals surface area contributed by atoms with Gasteiger partial charge in [0.05, 0.1) is 5.69 Å². The summed E-state index contributed by atoms with van der Waals surface area (Å²) in [5.41, 5.74) is 1.69. The maximum absolute atomic E-state index is 14.1. The zero-order chi connectivity index (χ0) is 21.7. The molecule has 1 saturated carbocycles. The molecule has 1 amide bonds. The smallest absolute Gasteiger partial charge is 0.303 e. The number of nitrogens with zero attached hydrogens (tertiary/aromatic N) is 4. The van der Waals surface area contributed by atoms with Crippen LogP contribution in [0.15, 0.2) is 18.3 Å². The molecule has 30 heavy (non-hydrogen) atoms. The van der Waals surface area contributed by atoms with Crippen molar-refractivity contribution in [1.29, 1.82) is 0 Å². The Hall–Kier alpha value is -2.91. The van der Waals surface area contributed by atoms with E-state index in [-0.39, 0.29) is 23.7 Å². The van der Waals surface area contributed by atoms with Gasteiger partial charge in [-0.3, -0.25) is 4.79 Å². The number of rotatable bonds is 6. The lowest BCUT2D eigenvalue weighted by Crippen LogP contribution is -2.23. The van der Waals surface area contributed by atoms with Crippen LogP contribution in [-0.4, -0.2) is 40.1 Å². The van der Waals surface area contributed by atoms with Crippen molar-refractivity contribution in [3.8, 4) is 0 Å². The average molecular weight is 420 g/mol. The van der Waals surface area contributed by atoms with Gasteiger partial charge in [0.15, 0.2) is 0 Å². The highest BCUT2D eigenvalue weighted by Gasteiger charge is 2.52. The summed E-state index contributed by atoms with van der Waals surface area (Å²) in [5.74, 6) is -3.34. The van der Waals surface area contributed by atoms with Crippen molar-refractivity contribution in [3.63, 3.8) is 0 Å². The van der Waals surface area contributed by atoms with Gasteiger partial charge in [-0.2, -0.15) is 8.78 Å². The van der Waals surface area contributed by atoms with Gasteiger partial charge in [-0.15, -0.1) is 0 Å². The molecule has 2 aromatic rings. The average Bonchev–Trinajstić information content (AvgIpc) is 3.36. The molecular weight excluding hydrogens is 397 g/mol. The van der Waals surface area contributed by atoms with Crippen LogP contribution in [0.1, 0.15) is 45.0 Å². The summed E-state index contributed by atoms with van der Waals surface area (Å²) in [6.07, 6.45) is 2.49. The summed E-state index contributed by atoms with van der Waals surface area (Å²) in [5, 5.41) is 5.41. The Labute approximate surface area is 172 Å². The standard InChI is InChI=1S/C20H23F3N6O/c1-11(21)8-24-16-7-17(28-18(27-16)19(3,22)23)29-10-20(4-5-20)13-9-25-15(6-14(13)29)26-12(2)30/h6-7,9,11H,4-5,8,10H2,1-3H3,(H,24,27,28)(H,25,26,30). The maximum atomic E-state index is 14.1. The number of carbonyl (C=O) groups is 1. The van der Waals surface area contributed by atoms with Gasteiger partial charge in [-0.25, -0.2) is 19.3 Å². The van der Waals surface area contributed by atoms with Crippen molar-refractivity contribution in [2.24, 2.45) is 0 Å². The number of nitrogens with one attached hydrogen (secondary N) is 2. The molecule has 0 aromatic carbocycles. The lowest BCUT2D eigenvalue weighted by molar-refractivity contribution is -0.114. The molecule has 2 aromatic heterocycles. The highest BCUT2D eigenvalue weighted by molar-refractivity contribution is 5.89. The molecule has 2 N–H and O–H groups in total. The van der Waals surface area contributed by atoms with Crippen molar-refractivity contribution in [1.82, 2.24) is 15.0 Å². The van der Waals surface area contributed by atoms with Crippen molar-refractivity contribution >= 4 is 29.0 Å². The molecule has 1 spiro atoms. The topological polar surface area (TPSA) is 83.0 Å². The van der Waals surface area contributed by atoms with Crippen LogP contribution in [0, 0.1) is 0 Å². The third-order valence-corrected chi connectivity index (χ3v) is 5.31. The first-order valence-electron chi connectivity index (χ1n) is 9.78. The molecule has 3 heterocycles. The van der Waals surface area contributed by atoms with Crippen LogP contribution in [-0.2, 0) is 16.1 Å². The van der Waals surface area contributed by atoms with E-state index < -0.39 is 17.9 Å². The number of pyridine rings is 1. The van der Waals surface area contributed by atoms with Gasteiger partial charge >= 0.3 is 5.92 Å². The summed E-state index contributed by atoms with van der Waals surface area (Å²) in [6.45, 7) is 4.00. The van der Waals surface area contributed by atoms with Crippen LogP contribution in [0.5, 0.6) is 0 Å². The molecule has 4 rings (SSSR count). The quantitative estimate of drug-likeness (QED) is 0.738. The van der Waals surface area contributed by atoms with E-state index in [9.17, 15) is 18.0 Å². The van der Waals surface area contributed by atoms with E-state index in [2.05, 4.69) is 25.6 Å². The molecule has 160 valence electrons. The second kappa shape index (κ2) is 7.10. The first kappa shape index (κ1) is 20.4. The number of alkyl halides is 3. The molecule has 1 aliphatic heterocycles. The molecule has 0 saturated heterocycles. The zero-order valence-corrected chi connectivity index (χ0v) is 17.0. The van der Waals surface area contributed by atoms with Crippen LogP contribution in [0.2, 0.25) is 0 Å². The monoisotopic (exact) mass is 420 g/mol. The van der Waals surface area contributed by atoms with E-state index >= 15 is 0 Å². The van der Waals surface area contributed by atoms with Gasteiger partial charge < -0.3 is 15.5 Å². The Morgan fingerprint density at radius 1 is 1.30 bits per heavy atom. The molecular formula is C20H23F3N6O. The first-order valence-corrected chi connectivity index (χ1v) is 9.78. The Bertz CT molecular complexity index is 987. The van der Waals surface area contributed by atoms with Crippen LogP contribution < -0.4 is 15.5 Å². The number of carbonyl (C=O) groups excluding carboxylic acids is 1. The third kappa shape index (κ3) is 3.90. The van der Waals surface area contributed by atoms with Crippen LogP contribution in [0.4, 0.5) is 36.3 Å². The molecule has 0 radical (unpaired) electrons. The van der Waals surface area contributed by atoms with Crippen molar-refractivity contribution < 1.29 is 18.0 Å². The van der Waals surface area contributed by atoms with E-state index in [4.69, 9.17) is 0 Å². The SMILES string of the molecule is CC(=O)Nc1cc2c(cn1)C1(CC1)CN2c1cc(NCC(C)F)nc(C(C)(F)F)n1. The molecule has 2 aliphatic rings. The highest BCUT2D eigenvalue weighted by atomic mass is 19.3. The van der Waals surface area contributed by atoms with Crippen LogP contribution in [0.3, 0.4) is 0 Å². The highest BCUT2D eigenvalue weighted by Crippen LogP contribution is 2.58. The third-order valence-electron chi connectivity index (χ3n) is 5.31. The molecule has 1 unspecified atom stereocenters. The number of anilines is 4. The van der Waals surface area contributed by atoms with Gasteiger partial charge in [0, 0.05) is 56.2 Å². The fourth-order valence-electron chi connectivity index (χ4n) is 3.69. The number of fused-ring (bicyclic) bond motifs is 2. The summed E-state index contributed by atoms with van der Waals surface area (Å²) in [4.78, 5) is 25.6. The largest absolute Gasteiger partial charge is 0.367 e. The van der Waals surface area contributed by atoms with Crippen LogP contribution in [0.25, 0.3) is 0 Å². The first-order chi connectivity index (χ1) is 14.1. The molecule has 1 aliphatic carbocycles. The summed E-state index contributed by atoms with van der Waals surface area (Å²) in [7, 11) is 0. The predicted octanol–water partition coefficient (Wildman–Crippen LogP) is 3.89. The second-order valence-electron chi connectivity index (χ2n) is 8.12. The van der Waals surface area contributed by atoms with Gasteiger partial charge in [0.2, 0.25) is 11.7 Å². The number of hydrogen-bond acceptors (Lipinski definition) is 6. The number of aromatic nitrogens is 3. The summed E-state index contributed by atoms with van der Waals surface area (Å²) >= 11 is 0. The molecule has 10 heteroatoms. The van der Waals surface area contributed by atoms with E-state index in [1.54, 1.807) is 18.3 Å². The maximum Gasteiger partial charge on any atom is 0.303 e. The Kier molecular flexibility index (Phi) is 4.82. The molecule has 7 nitrogen and oxygen atoms in total. The molecule has 0 bridgehead atoms.